The van der Waals surface area contributed by atoms with Gasteiger partial charge in [0.05, 0.1) is 31.7 Å². The molecule has 4 aromatic carbocycles. The quantitative estimate of drug-likeness (QED) is 0.287. The number of amides is 1. The van der Waals surface area contributed by atoms with Gasteiger partial charge in [0.15, 0.2) is 11.6 Å². The fourth-order valence-electron chi connectivity index (χ4n) is 7.23. The zero-order valence-corrected chi connectivity index (χ0v) is 24.0. The summed E-state index contributed by atoms with van der Waals surface area (Å²) in [6.07, 6.45) is 3.83. The van der Waals surface area contributed by atoms with Crippen LogP contribution in [0.5, 0.6) is 11.5 Å². The van der Waals surface area contributed by atoms with Crippen LogP contribution in [0.1, 0.15) is 49.0 Å². The van der Waals surface area contributed by atoms with E-state index in [1.54, 1.807) is 37.4 Å². The molecule has 0 radical (unpaired) electrons. The Morgan fingerprint density at radius 1 is 0.860 bits per heavy atom. The molecule has 0 aliphatic carbocycles. The van der Waals surface area contributed by atoms with E-state index in [9.17, 15) is 9.59 Å². The van der Waals surface area contributed by atoms with Crippen LogP contribution in [0.4, 0.5) is 5.69 Å². The summed E-state index contributed by atoms with van der Waals surface area (Å²) < 4.78 is 11.1. The first kappa shape index (κ1) is 26.7. The summed E-state index contributed by atoms with van der Waals surface area (Å²) in [5.74, 6) is -1.13. The fourth-order valence-corrected chi connectivity index (χ4v) is 7.23. The van der Waals surface area contributed by atoms with Gasteiger partial charge in [-0.3, -0.25) is 14.4 Å². The molecule has 1 N–H and O–H groups in total. The summed E-state index contributed by atoms with van der Waals surface area (Å²) in [5.41, 5.74) is 3.53. The van der Waals surface area contributed by atoms with E-state index in [1.807, 2.05) is 84.8 Å². The number of fused-ring (bicyclic) bond motifs is 6. The van der Waals surface area contributed by atoms with Gasteiger partial charge in [-0.05, 0) is 47.9 Å². The van der Waals surface area contributed by atoms with E-state index in [0.29, 0.717) is 28.3 Å². The van der Waals surface area contributed by atoms with Crippen molar-refractivity contribution in [3.8, 4) is 11.5 Å². The molecule has 7 rings (SSSR count). The Balaban J connectivity index is 1.54. The third-order valence-electron chi connectivity index (χ3n) is 9.13. The molecule has 3 heterocycles. The maximum Gasteiger partial charge on any atom is 0.238 e. The number of hydrogen-bond donors (Lipinski definition) is 1. The molecule has 0 bridgehead atoms. The number of carbonyl (C=O) groups is 3. The Morgan fingerprint density at radius 2 is 1.60 bits per heavy atom. The van der Waals surface area contributed by atoms with Gasteiger partial charge >= 0.3 is 0 Å². The number of para-hydroxylation sites is 1. The van der Waals surface area contributed by atoms with E-state index in [4.69, 9.17) is 9.47 Å². The molecule has 4 aromatic rings. The second-order valence-electron chi connectivity index (χ2n) is 11.2. The third kappa shape index (κ3) is 3.77. The normalized spacial score (nSPS) is 22.9. The number of methoxy groups -OCH3 is 2. The molecule has 4 atom stereocenters. The first-order chi connectivity index (χ1) is 20.9. The van der Waals surface area contributed by atoms with Crippen molar-refractivity contribution in [1.82, 2.24) is 4.90 Å². The standard InChI is InChI=1S/C36H30N2O5/c1-21-12-14-23(15-13-21)32(39)31-30(33(40)26-17-16-24(42-2)20-29(26)43-3)36(27-10-6-7-11-28(27)37-35(36)41)34-25-9-5-4-8-22(25)18-19-38(31)34/h4-20,30-31,34H,1-3H3,(H,37,41). The summed E-state index contributed by atoms with van der Waals surface area (Å²) in [7, 11) is 3.03. The number of benzene rings is 4. The topological polar surface area (TPSA) is 84.9 Å². The number of nitrogens with one attached hydrogen (secondary N) is 1. The number of nitrogens with zero attached hydrogens (tertiary/aromatic N) is 1. The number of anilines is 1. The van der Waals surface area contributed by atoms with Gasteiger partial charge in [-0.15, -0.1) is 0 Å². The summed E-state index contributed by atoms with van der Waals surface area (Å²) in [4.78, 5) is 46.3. The molecule has 4 unspecified atom stereocenters. The highest BCUT2D eigenvalue weighted by Crippen LogP contribution is 2.62. The van der Waals surface area contributed by atoms with Gasteiger partial charge < -0.3 is 19.7 Å². The predicted octanol–water partition coefficient (Wildman–Crippen LogP) is 5.99. The van der Waals surface area contributed by atoms with Crippen LogP contribution in [0, 0.1) is 12.8 Å². The minimum Gasteiger partial charge on any atom is -0.497 e. The molecule has 1 saturated heterocycles. The largest absolute Gasteiger partial charge is 0.497 e. The second kappa shape index (κ2) is 9.98. The number of carbonyl (C=O) groups excluding carboxylic acids is 3. The van der Waals surface area contributed by atoms with E-state index in [0.717, 1.165) is 16.7 Å². The minimum atomic E-state index is -1.41. The van der Waals surface area contributed by atoms with Gasteiger partial charge in [-0.1, -0.05) is 72.3 Å². The van der Waals surface area contributed by atoms with Crippen molar-refractivity contribution in [2.45, 2.75) is 24.4 Å². The molecule has 7 nitrogen and oxygen atoms in total. The molecule has 7 heteroatoms. The summed E-state index contributed by atoms with van der Waals surface area (Å²) in [6.45, 7) is 1.96. The SMILES string of the molecule is COc1ccc(C(=O)C2C(C(=O)c3ccc(C)cc3)N3C=Cc4ccccc4C3C23C(=O)Nc2ccccc23)c(OC)c1. The van der Waals surface area contributed by atoms with Crippen LogP contribution in [0.15, 0.2) is 97.2 Å². The summed E-state index contributed by atoms with van der Waals surface area (Å²) in [5, 5.41) is 3.08. The lowest BCUT2D eigenvalue weighted by Gasteiger charge is -2.38. The molecule has 1 fully saturated rings. The zero-order chi connectivity index (χ0) is 29.9. The molecule has 214 valence electrons. The number of hydrogen-bond acceptors (Lipinski definition) is 6. The second-order valence-corrected chi connectivity index (χ2v) is 11.2. The number of rotatable bonds is 6. The Kier molecular flexibility index (Phi) is 6.20. The molecule has 0 aromatic heterocycles. The van der Waals surface area contributed by atoms with E-state index >= 15 is 4.79 Å². The maximum atomic E-state index is 15.1. The summed E-state index contributed by atoms with van der Waals surface area (Å²) >= 11 is 0. The average Bonchev–Trinajstić information content (AvgIpc) is 3.52. The lowest BCUT2D eigenvalue weighted by molar-refractivity contribution is -0.122. The smallest absolute Gasteiger partial charge is 0.238 e. The number of aryl methyl sites for hydroxylation is 1. The van der Waals surface area contributed by atoms with E-state index in [2.05, 4.69) is 5.32 Å². The fraction of sp³-hybridized carbons (Fsp3) is 0.194. The monoisotopic (exact) mass is 570 g/mol. The van der Waals surface area contributed by atoms with E-state index in [-0.39, 0.29) is 23.0 Å². The first-order valence-corrected chi connectivity index (χ1v) is 14.2. The lowest BCUT2D eigenvalue weighted by atomic mass is 9.62. The first-order valence-electron chi connectivity index (χ1n) is 14.2. The Hall–Kier alpha value is -5.17. The van der Waals surface area contributed by atoms with Crippen molar-refractivity contribution in [3.63, 3.8) is 0 Å². The van der Waals surface area contributed by atoms with Crippen LogP contribution >= 0.6 is 0 Å². The van der Waals surface area contributed by atoms with Crippen molar-refractivity contribution in [2.75, 3.05) is 19.5 Å². The third-order valence-corrected chi connectivity index (χ3v) is 9.13. The Bertz CT molecular complexity index is 1830. The summed E-state index contributed by atoms with van der Waals surface area (Å²) in [6, 6.07) is 26.1. The predicted molar refractivity (Wildman–Crippen MR) is 163 cm³/mol. The van der Waals surface area contributed by atoms with Crippen LogP contribution in [-0.4, -0.2) is 42.6 Å². The lowest BCUT2D eigenvalue weighted by Crippen LogP contribution is -2.49. The van der Waals surface area contributed by atoms with Crippen molar-refractivity contribution in [1.29, 1.82) is 0 Å². The molecule has 3 aliphatic rings. The van der Waals surface area contributed by atoms with Crippen LogP contribution in [0.2, 0.25) is 0 Å². The van der Waals surface area contributed by atoms with E-state index < -0.39 is 23.4 Å². The van der Waals surface area contributed by atoms with Crippen LogP contribution < -0.4 is 14.8 Å². The molecule has 1 amide bonds. The zero-order valence-electron chi connectivity index (χ0n) is 24.0. The van der Waals surface area contributed by atoms with Crippen molar-refractivity contribution in [2.24, 2.45) is 5.92 Å². The highest BCUT2D eigenvalue weighted by atomic mass is 16.5. The van der Waals surface area contributed by atoms with Gasteiger partial charge in [0, 0.05) is 23.5 Å². The van der Waals surface area contributed by atoms with Crippen molar-refractivity contribution < 1.29 is 23.9 Å². The van der Waals surface area contributed by atoms with Crippen molar-refractivity contribution >= 4 is 29.2 Å². The number of ketones is 2. The number of Topliss-reactive ketones (excluding diaryl/α,β-unsaturated/α-hetero) is 2. The molecule has 1 spiro atoms. The van der Waals surface area contributed by atoms with Crippen molar-refractivity contribution in [3.05, 3.63) is 131 Å². The molecule has 0 saturated carbocycles. The molecular weight excluding hydrogens is 540 g/mol. The van der Waals surface area contributed by atoms with Gasteiger partial charge in [-0.25, -0.2) is 0 Å². The average molecular weight is 571 g/mol. The van der Waals surface area contributed by atoms with Crippen LogP contribution in [0.25, 0.3) is 6.08 Å². The van der Waals surface area contributed by atoms with Gasteiger partial charge in [-0.2, -0.15) is 0 Å². The molecule has 3 aliphatic heterocycles. The highest BCUT2D eigenvalue weighted by molar-refractivity contribution is 6.17. The van der Waals surface area contributed by atoms with E-state index in [1.165, 1.54) is 7.11 Å². The highest BCUT2D eigenvalue weighted by Gasteiger charge is 2.70. The van der Waals surface area contributed by atoms with Crippen LogP contribution in [0.3, 0.4) is 0 Å². The number of ether oxygens (including phenoxy) is 2. The van der Waals surface area contributed by atoms with Crippen LogP contribution in [-0.2, 0) is 10.2 Å². The van der Waals surface area contributed by atoms with Gasteiger partial charge in [0.2, 0.25) is 5.91 Å². The molecule has 43 heavy (non-hydrogen) atoms. The Morgan fingerprint density at radius 3 is 2.37 bits per heavy atom. The Labute approximate surface area is 249 Å². The van der Waals surface area contributed by atoms with Gasteiger partial charge in [0.25, 0.3) is 0 Å². The minimum absolute atomic E-state index is 0.228. The molecular formula is C36H30N2O5. The maximum absolute atomic E-state index is 15.1. The van der Waals surface area contributed by atoms with Gasteiger partial charge in [0.1, 0.15) is 23.0 Å².